The lowest BCUT2D eigenvalue weighted by molar-refractivity contribution is -0.148. The number of aromatic hydroxyl groups is 2. The minimum atomic E-state index is -1.52. The number of carboxylic acid groups (broad SMARTS) is 2. The molecule has 4 N–H and O–H groups in total. The van der Waals surface area contributed by atoms with Crippen molar-refractivity contribution in [3.63, 3.8) is 0 Å². The third-order valence-corrected chi connectivity index (χ3v) is 3.09. The minimum Gasteiger partial charge on any atom is -0.504 e. The maximum absolute atomic E-state index is 10.8. The van der Waals surface area contributed by atoms with E-state index in [0.29, 0.717) is 5.56 Å². The summed E-state index contributed by atoms with van der Waals surface area (Å²) in [6.45, 7) is 0. The number of carbonyl (C=O) groups excluding carboxylic acids is 2. The molecule has 0 heterocycles. The molecule has 0 radical (unpaired) electrons. The Hall–Kier alpha value is -3.68. The quantitative estimate of drug-likeness (QED) is 0.443. The lowest BCUT2D eigenvalue weighted by atomic mass is 10.1. The number of rotatable bonds is 6. The molecule has 8 heteroatoms. The van der Waals surface area contributed by atoms with E-state index >= 15 is 0 Å². The average Bonchev–Trinajstić information content (AvgIpc) is 2.59. The second kappa shape index (κ2) is 9.58. The number of ketones is 2. The summed E-state index contributed by atoms with van der Waals surface area (Å²) in [5.74, 6) is -5.31. The van der Waals surface area contributed by atoms with Crippen molar-refractivity contribution in [1.82, 2.24) is 0 Å². The highest BCUT2D eigenvalue weighted by Gasteiger charge is 2.13. The Labute approximate surface area is 148 Å². The molecule has 0 amide bonds. The van der Waals surface area contributed by atoms with Gasteiger partial charge in [-0.15, -0.1) is 0 Å². The zero-order chi connectivity index (χ0) is 19.7. The first-order valence-electron chi connectivity index (χ1n) is 7.27. The SMILES string of the molecule is O=C(O)C(=O)Cc1ccc(O)c(O)c1.O=C(O)C(=O)Cc1ccccc1. The van der Waals surface area contributed by atoms with Crippen molar-refractivity contribution in [2.24, 2.45) is 0 Å². The van der Waals surface area contributed by atoms with Gasteiger partial charge in [-0.1, -0.05) is 36.4 Å². The molecule has 136 valence electrons. The molecule has 0 fully saturated rings. The van der Waals surface area contributed by atoms with Gasteiger partial charge in [0, 0.05) is 12.8 Å². The second-order valence-electron chi connectivity index (χ2n) is 5.12. The molecule has 0 atom stereocenters. The molecule has 0 aliphatic carbocycles. The highest BCUT2D eigenvalue weighted by molar-refractivity contribution is 6.33. The molecule has 0 unspecified atom stereocenters. The van der Waals surface area contributed by atoms with E-state index < -0.39 is 23.5 Å². The Morgan fingerprint density at radius 3 is 1.62 bits per heavy atom. The zero-order valence-electron chi connectivity index (χ0n) is 13.5. The van der Waals surface area contributed by atoms with Gasteiger partial charge < -0.3 is 20.4 Å². The van der Waals surface area contributed by atoms with E-state index in [0.717, 1.165) is 11.6 Å². The minimum absolute atomic E-state index is 0.0316. The predicted octanol–water partition coefficient (Wildman–Crippen LogP) is 1.18. The molecule has 0 bridgehead atoms. The molecule has 2 aromatic carbocycles. The fraction of sp³-hybridized carbons (Fsp3) is 0.111. The number of hydrogen-bond acceptors (Lipinski definition) is 6. The van der Waals surface area contributed by atoms with Crippen molar-refractivity contribution < 1.29 is 39.6 Å². The number of benzene rings is 2. The molecule has 2 aromatic rings. The van der Waals surface area contributed by atoms with Crippen molar-refractivity contribution in [3.05, 3.63) is 59.7 Å². The van der Waals surface area contributed by atoms with Crippen LogP contribution in [0.25, 0.3) is 0 Å². The van der Waals surface area contributed by atoms with Crippen molar-refractivity contribution in [3.8, 4) is 11.5 Å². The summed E-state index contributed by atoms with van der Waals surface area (Å²) in [5, 5.41) is 34.6. The van der Waals surface area contributed by atoms with Crippen LogP contribution in [0.5, 0.6) is 11.5 Å². The van der Waals surface area contributed by atoms with Gasteiger partial charge in [0.25, 0.3) is 0 Å². The van der Waals surface area contributed by atoms with E-state index in [9.17, 15) is 19.2 Å². The maximum Gasteiger partial charge on any atom is 0.372 e. The summed E-state index contributed by atoms with van der Waals surface area (Å²) < 4.78 is 0. The lowest BCUT2D eigenvalue weighted by Crippen LogP contribution is -2.14. The summed E-state index contributed by atoms with van der Waals surface area (Å²) in [6, 6.07) is 12.5. The molecular weight excluding hydrogens is 344 g/mol. The van der Waals surface area contributed by atoms with E-state index in [1.54, 1.807) is 24.3 Å². The van der Waals surface area contributed by atoms with E-state index in [4.69, 9.17) is 20.4 Å². The van der Waals surface area contributed by atoms with E-state index in [2.05, 4.69) is 0 Å². The number of carboxylic acids is 2. The van der Waals surface area contributed by atoms with Gasteiger partial charge in [-0.3, -0.25) is 9.59 Å². The van der Waals surface area contributed by atoms with Crippen LogP contribution >= 0.6 is 0 Å². The van der Waals surface area contributed by atoms with Crippen LogP contribution in [0.2, 0.25) is 0 Å². The van der Waals surface area contributed by atoms with Crippen molar-refractivity contribution in [2.45, 2.75) is 12.8 Å². The maximum atomic E-state index is 10.8. The summed E-state index contributed by atoms with van der Waals surface area (Å²) in [7, 11) is 0. The predicted molar refractivity (Wildman–Crippen MR) is 88.9 cm³/mol. The first-order valence-corrected chi connectivity index (χ1v) is 7.27. The van der Waals surface area contributed by atoms with Crippen LogP contribution in [0.3, 0.4) is 0 Å². The number of hydrogen-bond donors (Lipinski definition) is 4. The molecule has 2 rings (SSSR count). The van der Waals surface area contributed by atoms with Gasteiger partial charge in [0.2, 0.25) is 11.6 Å². The second-order valence-corrected chi connectivity index (χ2v) is 5.12. The molecule has 0 saturated heterocycles. The van der Waals surface area contributed by atoms with Crippen LogP contribution in [0.4, 0.5) is 0 Å². The van der Waals surface area contributed by atoms with E-state index in [1.807, 2.05) is 6.07 Å². The van der Waals surface area contributed by atoms with Crippen LogP contribution in [0.15, 0.2) is 48.5 Å². The van der Waals surface area contributed by atoms with Gasteiger partial charge in [0.05, 0.1) is 0 Å². The highest BCUT2D eigenvalue weighted by Crippen LogP contribution is 2.24. The fourth-order valence-corrected chi connectivity index (χ4v) is 1.80. The Morgan fingerprint density at radius 1 is 0.654 bits per heavy atom. The molecule has 0 saturated carbocycles. The zero-order valence-corrected chi connectivity index (χ0v) is 13.5. The summed E-state index contributed by atoms with van der Waals surface area (Å²) in [5.41, 5.74) is 1.07. The summed E-state index contributed by atoms with van der Waals surface area (Å²) in [6.07, 6.45) is -0.334. The molecule has 8 nitrogen and oxygen atoms in total. The Kier molecular flexibility index (Phi) is 7.50. The molecule has 0 aliphatic rings. The van der Waals surface area contributed by atoms with E-state index in [-0.39, 0.29) is 24.3 Å². The Balaban J connectivity index is 0.000000263. The first kappa shape index (κ1) is 20.4. The molecule has 0 aromatic heterocycles. The van der Waals surface area contributed by atoms with Gasteiger partial charge in [0.1, 0.15) is 0 Å². The molecular formula is C18H16O8. The van der Waals surface area contributed by atoms with Gasteiger partial charge in [-0.2, -0.15) is 0 Å². The van der Waals surface area contributed by atoms with Gasteiger partial charge >= 0.3 is 11.9 Å². The topological polar surface area (TPSA) is 149 Å². The number of phenols is 2. The van der Waals surface area contributed by atoms with Gasteiger partial charge in [0.15, 0.2) is 11.5 Å². The van der Waals surface area contributed by atoms with Crippen molar-refractivity contribution in [2.75, 3.05) is 0 Å². The largest absolute Gasteiger partial charge is 0.504 e. The van der Waals surface area contributed by atoms with Gasteiger partial charge in [-0.25, -0.2) is 9.59 Å². The Bertz CT molecular complexity index is 811. The standard InChI is InChI=1S/C9H8O5.C9H8O3/c10-6-2-1-5(3-7(6)11)4-8(12)9(13)14;10-8(9(11)12)6-7-4-2-1-3-5-7/h1-3,10-11H,4H2,(H,13,14);1-5H,6H2,(H,11,12). The van der Waals surface area contributed by atoms with Crippen LogP contribution in [0.1, 0.15) is 11.1 Å². The summed E-state index contributed by atoms with van der Waals surface area (Å²) in [4.78, 5) is 41.8. The van der Waals surface area contributed by atoms with Crippen molar-refractivity contribution in [1.29, 1.82) is 0 Å². The number of Topliss-reactive ketones (excluding diaryl/α,β-unsaturated/α-hetero) is 2. The third kappa shape index (κ3) is 6.83. The first-order chi connectivity index (χ1) is 12.2. The van der Waals surface area contributed by atoms with Crippen LogP contribution in [0, 0.1) is 0 Å². The smallest absolute Gasteiger partial charge is 0.372 e. The fourth-order valence-electron chi connectivity index (χ4n) is 1.80. The average molecular weight is 360 g/mol. The number of carbonyl (C=O) groups is 4. The van der Waals surface area contributed by atoms with Crippen LogP contribution < -0.4 is 0 Å². The Morgan fingerprint density at radius 2 is 1.15 bits per heavy atom. The van der Waals surface area contributed by atoms with Gasteiger partial charge in [-0.05, 0) is 23.3 Å². The highest BCUT2D eigenvalue weighted by atomic mass is 16.4. The summed E-state index contributed by atoms with van der Waals surface area (Å²) >= 11 is 0. The van der Waals surface area contributed by atoms with E-state index in [1.165, 1.54) is 12.1 Å². The normalized spacial score (nSPS) is 9.54. The third-order valence-electron chi connectivity index (χ3n) is 3.09. The lowest BCUT2D eigenvalue weighted by Gasteiger charge is -2.00. The molecule has 26 heavy (non-hydrogen) atoms. The number of aliphatic carboxylic acids is 2. The van der Waals surface area contributed by atoms with Crippen LogP contribution in [-0.4, -0.2) is 43.9 Å². The molecule has 0 spiro atoms. The monoisotopic (exact) mass is 360 g/mol. The van der Waals surface area contributed by atoms with Crippen LogP contribution in [-0.2, 0) is 32.0 Å². The number of phenolic OH excluding ortho intramolecular Hbond substituents is 2. The molecule has 0 aliphatic heterocycles. The van der Waals surface area contributed by atoms with Crippen molar-refractivity contribution >= 4 is 23.5 Å².